The second kappa shape index (κ2) is 7.06. The van der Waals surface area contributed by atoms with Crippen LogP contribution in [0.3, 0.4) is 0 Å². The van der Waals surface area contributed by atoms with Crippen molar-refractivity contribution in [1.82, 2.24) is 5.32 Å². The fraction of sp³-hybridized carbons (Fsp3) is 0.846. The van der Waals surface area contributed by atoms with Crippen molar-refractivity contribution in [3.05, 3.63) is 0 Å². The average molecular weight is 305 g/mol. The molecule has 0 spiro atoms. The maximum Gasteiger partial charge on any atom is 0.308 e. The Kier molecular flexibility index (Phi) is 5.98. The Hall–Kier alpha value is -1.11. The Bertz CT molecular complexity index is 457. The highest BCUT2D eigenvalue weighted by molar-refractivity contribution is 7.92. The summed E-state index contributed by atoms with van der Waals surface area (Å²) in [4.78, 5) is 23.1. The lowest BCUT2D eigenvalue weighted by molar-refractivity contribution is -0.143. The maximum atomic E-state index is 11.8. The number of hydrogen-bond acceptors (Lipinski definition) is 4. The third kappa shape index (κ3) is 4.77. The Balaban J connectivity index is 2.69. The molecule has 20 heavy (non-hydrogen) atoms. The molecule has 0 aromatic heterocycles. The second-order valence-corrected chi connectivity index (χ2v) is 8.17. The van der Waals surface area contributed by atoms with Crippen LogP contribution in [0.1, 0.15) is 46.0 Å². The van der Waals surface area contributed by atoms with Gasteiger partial charge in [0, 0.05) is 6.04 Å². The highest BCUT2D eigenvalue weighted by Crippen LogP contribution is 2.23. The Morgan fingerprint density at radius 2 is 1.80 bits per heavy atom. The van der Waals surface area contributed by atoms with Crippen molar-refractivity contribution in [3.8, 4) is 0 Å². The number of hydrogen-bond donors (Lipinski definition) is 2. The van der Waals surface area contributed by atoms with Crippen LogP contribution in [0.25, 0.3) is 0 Å². The van der Waals surface area contributed by atoms with Crippen LogP contribution in [0.4, 0.5) is 0 Å². The molecule has 2 atom stereocenters. The average Bonchev–Trinajstić information content (AvgIpc) is 2.53. The fourth-order valence-electron chi connectivity index (χ4n) is 2.37. The van der Waals surface area contributed by atoms with Gasteiger partial charge in [0.05, 0.1) is 11.2 Å². The van der Waals surface area contributed by atoms with Crippen molar-refractivity contribution in [3.63, 3.8) is 0 Å². The number of carboxylic acid groups (broad SMARTS) is 1. The van der Waals surface area contributed by atoms with E-state index in [4.69, 9.17) is 0 Å². The molecular formula is C13H23NO5S. The molecule has 116 valence electrons. The third-order valence-electron chi connectivity index (χ3n) is 3.73. The minimum absolute atomic E-state index is 0.468. The number of sulfone groups is 1. The maximum absolute atomic E-state index is 11.8. The van der Waals surface area contributed by atoms with Gasteiger partial charge < -0.3 is 10.4 Å². The molecule has 0 bridgehead atoms. The van der Waals surface area contributed by atoms with Gasteiger partial charge in [-0.2, -0.15) is 0 Å². The van der Waals surface area contributed by atoms with E-state index < -0.39 is 44.7 Å². The predicted octanol–water partition coefficient (Wildman–Crippen LogP) is 0.959. The van der Waals surface area contributed by atoms with Crippen LogP contribution in [-0.2, 0) is 19.4 Å². The van der Waals surface area contributed by atoms with Crippen molar-refractivity contribution in [2.75, 3.05) is 5.75 Å². The molecule has 0 saturated heterocycles. The Morgan fingerprint density at radius 3 is 2.35 bits per heavy atom. The van der Waals surface area contributed by atoms with Gasteiger partial charge in [-0.15, -0.1) is 0 Å². The molecule has 1 saturated carbocycles. The zero-order valence-corrected chi connectivity index (χ0v) is 12.8. The molecule has 0 heterocycles. The molecular weight excluding hydrogens is 282 g/mol. The Labute approximate surface area is 119 Å². The van der Waals surface area contributed by atoms with Gasteiger partial charge in [0.1, 0.15) is 5.75 Å². The van der Waals surface area contributed by atoms with Crippen LogP contribution in [0.15, 0.2) is 0 Å². The van der Waals surface area contributed by atoms with Crippen molar-refractivity contribution >= 4 is 21.7 Å². The normalized spacial score (nSPS) is 24.1. The van der Waals surface area contributed by atoms with E-state index in [1.165, 1.54) is 13.8 Å². The minimum atomic E-state index is -3.45. The number of carbonyl (C=O) groups excluding carboxylic acids is 1. The van der Waals surface area contributed by atoms with Gasteiger partial charge in [-0.05, 0) is 26.7 Å². The number of carboxylic acids is 1. The smallest absolute Gasteiger partial charge is 0.308 e. The van der Waals surface area contributed by atoms with Crippen molar-refractivity contribution in [2.45, 2.75) is 57.2 Å². The number of rotatable bonds is 5. The van der Waals surface area contributed by atoms with Gasteiger partial charge in [0.15, 0.2) is 9.84 Å². The SMILES string of the molecule is CC(C)S(=O)(=O)CC(=O)N[C@H]1CCCCC[C@H]1C(=O)O. The summed E-state index contributed by atoms with van der Waals surface area (Å²) < 4.78 is 23.4. The summed E-state index contributed by atoms with van der Waals surface area (Å²) in [5, 5.41) is 11.2. The lowest BCUT2D eigenvalue weighted by atomic mass is 9.95. The van der Waals surface area contributed by atoms with Crippen LogP contribution in [0.2, 0.25) is 0 Å². The molecule has 0 radical (unpaired) electrons. The zero-order chi connectivity index (χ0) is 15.3. The van der Waals surface area contributed by atoms with Crippen molar-refractivity contribution in [1.29, 1.82) is 0 Å². The molecule has 1 fully saturated rings. The number of nitrogens with one attached hydrogen (secondary N) is 1. The molecule has 1 aliphatic carbocycles. The van der Waals surface area contributed by atoms with Crippen LogP contribution >= 0.6 is 0 Å². The van der Waals surface area contributed by atoms with Crippen molar-refractivity contribution in [2.24, 2.45) is 5.92 Å². The van der Waals surface area contributed by atoms with E-state index in [1.54, 1.807) is 0 Å². The highest BCUT2D eigenvalue weighted by Gasteiger charge is 2.31. The van der Waals surface area contributed by atoms with Gasteiger partial charge in [0.25, 0.3) is 0 Å². The van der Waals surface area contributed by atoms with E-state index in [0.29, 0.717) is 12.8 Å². The molecule has 0 aliphatic heterocycles. The zero-order valence-electron chi connectivity index (χ0n) is 12.0. The quantitative estimate of drug-likeness (QED) is 0.737. The minimum Gasteiger partial charge on any atom is -0.481 e. The first kappa shape index (κ1) is 16.9. The molecule has 6 nitrogen and oxygen atoms in total. The first-order valence-corrected chi connectivity index (χ1v) is 8.69. The molecule has 7 heteroatoms. The van der Waals surface area contributed by atoms with Crippen LogP contribution in [0.5, 0.6) is 0 Å². The van der Waals surface area contributed by atoms with Gasteiger partial charge in [-0.1, -0.05) is 19.3 Å². The molecule has 1 aliphatic rings. The highest BCUT2D eigenvalue weighted by atomic mass is 32.2. The summed E-state index contributed by atoms with van der Waals surface area (Å²) in [6.07, 6.45) is 3.74. The van der Waals surface area contributed by atoms with Gasteiger partial charge >= 0.3 is 5.97 Å². The lowest BCUT2D eigenvalue weighted by Crippen LogP contribution is -2.45. The van der Waals surface area contributed by atoms with Gasteiger partial charge in [-0.3, -0.25) is 9.59 Å². The molecule has 0 aromatic rings. The van der Waals surface area contributed by atoms with E-state index in [-0.39, 0.29) is 0 Å². The molecule has 1 rings (SSSR count). The van der Waals surface area contributed by atoms with E-state index >= 15 is 0 Å². The lowest BCUT2D eigenvalue weighted by Gasteiger charge is -2.23. The summed E-state index contributed by atoms with van der Waals surface area (Å²) in [7, 11) is -3.45. The first-order valence-electron chi connectivity index (χ1n) is 6.97. The standard InChI is InChI=1S/C13H23NO5S/c1-9(2)20(18,19)8-12(15)14-11-7-5-3-4-6-10(11)13(16)17/h9-11H,3-8H2,1-2H3,(H,14,15)(H,16,17)/t10-,11+/m1/s1. The summed E-state index contributed by atoms with van der Waals surface area (Å²) in [5.41, 5.74) is 0. The third-order valence-corrected chi connectivity index (χ3v) is 5.83. The second-order valence-electron chi connectivity index (χ2n) is 5.61. The van der Waals surface area contributed by atoms with E-state index in [2.05, 4.69) is 5.32 Å². The monoisotopic (exact) mass is 305 g/mol. The number of carbonyl (C=O) groups is 2. The summed E-state index contributed by atoms with van der Waals surface area (Å²) in [6.45, 7) is 3.04. The topological polar surface area (TPSA) is 101 Å². The summed E-state index contributed by atoms with van der Waals surface area (Å²) >= 11 is 0. The van der Waals surface area contributed by atoms with Gasteiger partial charge in [-0.25, -0.2) is 8.42 Å². The predicted molar refractivity (Wildman–Crippen MR) is 75.1 cm³/mol. The van der Waals surface area contributed by atoms with Gasteiger partial charge in [0.2, 0.25) is 5.91 Å². The molecule has 2 N–H and O–H groups in total. The fourth-order valence-corrected chi connectivity index (χ4v) is 3.16. The van der Waals surface area contributed by atoms with Crippen LogP contribution < -0.4 is 5.32 Å². The largest absolute Gasteiger partial charge is 0.481 e. The van der Waals surface area contributed by atoms with Crippen molar-refractivity contribution < 1.29 is 23.1 Å². The number of amides is 1. The molecule has 1 amide bonds. The summed E-state index contributed by atoms with van der Waals surface area (Å²) in [6, 6.07) is -0.468. The van der Waals surface area contributed by atoms with E-state index in [1.807, 2.05) is 0 Å². The summed E-state index contributed by atoms with van der Waals surface area (Å²) in [5.74, 6) is -2.72. The van der Waals surface area contributed by atoms with Crippen LogP contribution in [0, 0.1) is 5.92 Å². The molecule has 0 unspecified atom stereocenters. The number of aliphatic carboxylic acids is 1. The molecule has 0 aromatic carbocycles. The first-order chi connectivity index (χ1) is 9.24. The Morgan fingerprint density at radius 1 is 1.20 bits per heavy atom. The van der Waals surface area contributed by atoms with E-state index in [0.717, 1.165) is 19.3 Å². The van der Waals surface area contributed by atoms with Crippen LogP contribution in [-0.4, -0.2) is 42.4 Å². The van der Waals surface area contributed by atoms with E-state index in [9.17, 15) is 23.1 Å².